The highest BCUT2D eigenvalue weighted by atomic mass is 16.5. The third-order valence-electron chi connectivity index (χ3n) is 5.42. The van der Waals surface area contributed by atoms with Gasteiger partial charge in [0, 0.05) is 5.41 Å². The lowest BCUT2D eigenvalue weighted by Crippen LogP contribution is -2.33. The van der Waals surface area contributed by atoms with Crippen LogP contribution in [-0.2, 0) is 10.2 Å². The zero-order valence-electron chi connectivity index (χ0n) is 16.5. The molecule has 1 N–H and O–H groups in total. The van der Waals surface area contributed by atoms with Gasteiger partial charge in [-0.1, -0.05) is 80.6 Å². The van der Waals surface area contributed by atoms with E-state index in [1.165, 1.54) is 12.1 Å². The second-order valence-corrected chi connectivity index (χ2v) is 7.22. The maximum absolute atomic E-state index is 13.0. The molecule has 0 radical (unpaired) electrons. The fourth-order valence-corrected chi connectivity index (χ4v) is 3.51. The first kappa shape index (κ1) is 20.3. The Kier molecular flexibility index (Phi) is 6.13. The molecular formula is C25H24O4. The van der Waals surface area contributed by atoms with Gasteiger partial charge >= 0.3 is 11.9 Å². The standard InChI is InChI=1S/C25H24O4/c1-3-25(2,21-15-8-5-9-16-21)22(18-11-6-4-7-12-18)29-24(28)20-14-10-13-19(17-20)23(26)27/h4-17,22H,3H2,1-2H3,(H,26,27)/t22-,25+/m1/s1. The van der Waals surface area contributed by atoms with E-state index in [2.05, 4.69) is 13.8 Å². The summed E-state index contributed by atoms with van der Waals surface area (Å²) >= 11 is 0. The molecule has 0 saturated heterocycles. The van der Waals surface area contributed by atoms with Gasteiger partial charge in [-0.2, -0.15) is 0 Å². The number of carbonyl (C=O) groups is 2. The van der Waals surface area contributed by atoms with E-state index >= 15 is 0 Å². The zero-order valence-corrected chi connectivity index (χ0v) is 16.5. The summed E-state index contributed by atoms with van der Waals surface area (Å²) in [5.41, 5.74) is 1.78. The lowest BCUT2D eigenvalue weighted by molar-refractivity contribution is 0.00598. The Morgan fingerprint density at radius 1 is 0.897 bits per heavy atom. The van der Waals surface area contributed by atoms with Gasteiger partial charge in [-0.05, 0) is 35.7 Å². The molecule has 3 rings (SSSR count). The first-order valence-corrected chi connectivity index (χ1v) is 9.60. The number of carbonyl (C=O) groups excluding carboxylic acids is 1. The lowest BCUT2D eigenvalue weighted by atomic mass is 9.73. The maximum Gasteiger partial charge on any atom is 0.338 e. The quantitative estimate of drug-likeness (QED) is 0.531. The van der Waals surface area contributed by atoms with E-state index in [-0.39, 0.29) is 11.1 Å². The molecule has 0 aliphatic carbocycles. The second kappa shape index (κ2) is 8.74. The van der Waals surface area contributed by atoms with Crippen LogP contribution in [0.3, 0.4) is 0 Å². The number of hydrogen-bond acceptors (Lipinski definition) is 3. The first-order chi connectivity index (χ1) is 14.0. The highest BCUT2D eigenvalue weighted by Gasteiger charge is 2.38. The van der Waals surface area contributed by atoms with Crippen molar-refractivity contribution < 1.29 is 19.4 Å². The summed E-state index contributed by atoms with van der Waals surface area (Å²) in [6.45, 7) is 4.16. The van der Waals surface area contributed by atoms with Crippen molar-refractivity contribution in [2.45, 2.75) is 31.8 Å². The zero-order chi connectivity index (χ0) is 20.9. The van der Waals surface area contributed by atoms with Crippen LogP contribution in [0.2, 0.25) is 0 Å². The number of benzene rings is 3. The van der Waals surface area contributed by atoms with Crippen molar-refractivity contribution in [3.8, 4) is 0 Å². The summed E-state index contributed by atoms with van der Waals surface area (Å²) < 4.78 is 6.04. The van der Waals surface area contributed by atoms with E-state index in [1.807, 2.05) is 60.7 Å². The van der Waals surface area contributed by atoms with Gasteiger partial charge in [-0.3, -0.25) is 0 Å². The summed E-state index contributed by atoms with van der Waals surface area (Å²) in [5, 5.41) is 9.21. The van der Waals surface area contributed by atoms with E-state index in [1.54, 1.807) is 12.1 Å². The Balaban J connectivity index is 2.02. The van der Waals surface area contributed by atoms with Crippen molar-refractivity contribution in [1.82, 2.24) is 0 Å². The molecule has 0 aliphatic heterocycles. The Morgan fingerprint density at radius 2 is 1.48 bits per heavy atom. The van der Waals surface area contributed by atoms with Crippen LogP contribution in [0.5, 0.6) is 0 Å². The van der Waals surface area contributed by atoms with Gasteiger partial charge in [0.05, 0.1) is 11.1 Å². The molecule has 0 amide bonds. The molecule has 0 unspecified atom stereocenters. The molecule has 3 aromatic carbocycles. The van der Waals surface area contributed by atoms with E-state index in [0.29, 0.717) is 0 Å². The lowest BCUT2D eigenvalue weighted by Gasteiger charge is -2.37. The van der Waals surface area contributed by atoms with Crippen LogP contribution >= 0.6 is 0 Å². The van der Waals surface area contributed by atoms with Crippen LogP contribution in [0.15, 0.2) is 84.9 Å². The molecule has 0 heterocycles. The van der Waals surface area contributed by atoms with E-state index in [4.69, 9.17) is 4.74 Å². The highest BCUT2D eigenvalue weighted by Crippen LogP contribution is 2.42. The van der Waals surface area contributed by atoms with Gasteiger partial charge in [0.2, 0.25) is 0 Å². The number of ether oxygens (including phenoxy) is 1. The van der Waals surface area contributed by atoms with Gasteiger partial charge in [0.1, 0.15) is 6.10 Å². The van der Waals surface area contributed by atoms with Crippen LogP contribution in [0.4, 0.5) is 0 Å². The largest absolute Gasteiger partial charge is 0.478 e. The fourth-order valence-electron chi connectivity index (χ4n) is 3.51. The molecule has 0 bridgehead atoms. The molecule has 29 heavy (non-hydrogen) atoms. The van der Waals surface area contributed by atoms with Crippen LogP contribution in [0.1, 0.15) is 58.2 Å². The van der Waals surface area contributed by atoms with Crippen molar-refractivity contribution >= 4 is 11.9 Å². The fraction of sp³-hybridized carbons (Fsp3) is 0.200. The van der Waals surface area contributed by atoms with Crippen molar-refractivity contribution in [3.63, 3.8) is 0 Å². The summed E-state index contributed by atoms with van der Waals surface area (Å²) in [7, 11) is 0. The number of aromatic carboxylic acids is 1. The molecule has 3 aromatic rings. The number of carboxylic acid groups (broad SMARTS) is 1. The molecule has 2 atom stereocenters. The van der Waals surface area contributed by atoms with E-state index in [0.717, 1.165) is 17.5 Å². The molecule has 148 valence electrons. The smallest absolute Gasteiger partial charge is 0.338 e. The average molecular weight is 388 g/mol. The molecule has 0 fully saturated rings. The minimum absolute atomic E-state index is 0.0528. The number of carboxylic acids is 1. The molecular weight excluding hydrogens is 364 g/mol. The van der Waals surface area contributed by atoms with Crippen molar-refractivity contribution in [1.29, 1.82) is 0 Å². The Bertz CT molecular complexity index is 982. The van der Waals surface area contributed by atoms with Crippen LogP contribution < -0.4 is 0 Å². The maximum atomic E-state index is 13.0. The Hall–Kier alpha value is -3.40. The second-order valence-electron chi connectivity index (χ2n) is 7.22. The predicted molar refractivity (Wildman–Crippen MR) is 112 cm³/mol. The molecule has 4 nitrogen and oxygen atoms in total. The SMILES string of the molecule is CC[C@@](C)(c1ccccc1)[C@H](OC(=O)c1cccc(C(=O)O)c1)c1ccccc1. The number of rotatable bonds is 7. The monoisotopic (exact) mass is 388 g/mol. The third kappa shape index (κ3) is 4.37. The molecule has 0 saturated carbocycles. The van der Waals surface area contributed by atoms with Crippen molar-refractivity contribution in [3.05, 3.63) is 107 Å². The van der Waals surface area contributed by atoms with Crippen LogP contribution in [0.25, 0.3) is 0 Å². The normalized spacial score (nSPS) is 13.9. The van der Waals surface area contributed by atoms with Gasteiger partial charge in [0.15, 0.2) is 0 Å². The van der Waals surface area contributed by atoms with Crippen LogP contribution in [-0.4, -0.2) is 17.0 Å². The molecule has 0 aliphatic rings. The third-order valence-corrected chi connectivity index (χ3v) is 5.42. The van der Waals surface area contributed by atoms with Crippen LogP contribution in [0, 0.1) is 0 Å². The highest BCUT2D eigenvalue weighted by molar-refractivity contribution is 5.94. The first-order valence-electron chi connectivity index (χ1n) is 9.60. The minimum atomic E-state index is -1.08. The van der Waals surface area contributed by atoms with Gasteiger partial charge in [-0.25, -0.2) is 9.59 Å². The molecule has 4 heteroatoms. The number of hydrogen-bond donors (Lipinski definition) is 1. The van der Waals surface area contributed by atoms with Crippen molar-refractivity contribution in [2.24, 2.45) is 0 Å². The minimum Gasteiger partial charge on any atom is -0.478 e. The Morgan fingerprint density at radius 3 is 2.07 bits per heavy atom. The average Bonchev–Trinajstić information content (AvgIpc) is 2.78. The molecule has 0 aromatic heterocycles. The van der Waals surface area contributed by atoms with Gasteiger partial charge in [0.25, 0.3) is 0 Å². The summed E-state index contributed by atoms with van der Waals surface area (Å²) in [4.78, 5) is 24.2. The van der Waals surface area contributed by atoms with E-state index < -0.39 is 23.5 Å². The topological polar surface area (TPSA) is 63.6 Å². The summed E-state index contributed by atoms with van der Waals surface area (Å²) in [6.07, 6.45) is 0.219. The van der Waals surface area contributed by atoms with Gasteiger partial charge in [-0.15, -0.1) is 0 Å². The predicted octanol–water partition coefficient (Wildman–Crippen LogP) is 5.65. The number of esters is 1. The van der Waals surface area contributed by atoms with Crippen molar-refractivity contribution in [2.75, 3.05) is 0 Å². The van der Waals surface area contributed by atoms with Gasteiger partial charge < -0.3 is 9.84 Å². The summed E-state index contributed by atoms with van der Waals surface area (Å²) in [6, 6.07) is 25.6. The Labute approximate surface area is 170 Å². The summed E-state index contributed by atoms with van der Waals surface area (Å²) in [5.74, 6) is -1.63. The van der Waals surface area contributed by atoms with E-state index in [9.17, 15) is 14.7 Å². The molecule has 0 spiro atoms.